The molecule has 1 atom stereocenters. The van der Waals surface area contributed by atoms with Gasteiger partial charge in [-0.2, -0.15) is 0 Å². The van der Waals surface area contributed by atoms with E-state index in [0.29, 0.717) is 13.0 Å². The Labute approximate surface area is 92.6 Å². The Kier molecular flexibility index (Phi) is 2.47. The van der Waals surface area contributed by atoms with Crippen LogP contribution < -0.4 is 0 Å². The van der Waals surface area contributed by atoms with Gasteiger partial charge in [-0.3, -0.25) is 9.69 Å². The number of carboxylic acid groups (broad SMARTS) is 1. The van der Waals surface area contributed by atoms with Crippen LogP contribution in [-0.2, 0) is 17.8 Å². The molecule has 1 aliphatic heterocycles. The van der Waals surface area contributed by atoms with Crippen LogP contribution in [0.4, 0.5) is 0 Å². The van der Waals surface area contributed by atoms with Crippen molar-refractivity contribution in [3.8, 4) is 11.5 Å². The van der Waals surface area contributed by atoms with Crippen molar-refractivity contribution < 1.29 is 20.1 Å². The number of carbonyl (C=O) groups is 1. The number of nitrogens with zero attached hydrogens (tertiary/aromatic N) is 1. The van der Waals surface area contributed by atoms with Crippen molar-refractivity contribution in [2.75, 3.05) is 7.05 Å². The van der Waals surface area contributed by atoms with Crippen LogP contribution in [0.3, 0.4) is 0 Å². The van der Waals surface area contributed by atoms with Gasteiger partial charge in [-0.15, -0.1) is 0 Å². The predicted octanol–water partition coefficient (Wildman–Crippen LogP) is 0.539. The number of hydrogen-bond acceptors (Lipinski definition) is 4. The van der Waals surface area contributed by atoms with Crippen LogP contribution in [0.1, 0.15) is 11.1 Å². The van der Waals surface area contributed by atoms with E-state index in [1.807, 2.05) is 0 Å². The summed E-state index contributed by atoms with van der Waals surface area (Å²) in [5, 5.41) is 27.7. The number of phenolic OH excluding ortho intramolecular Hbond substituents is 2. The van der Waals surface area contributed by atoms with E-state index in [4.69, 9.17) is 5.11 Å². The third kappa shape index (κ3) is 1.69. The molecule has 0 saturated carbocycles. The Morgan fingerprint density at radius 2 is 1.88 bits per heavy atom. The van der Waals surface area contributed by atoms with E-state index < -0.39 is 12.0 Å². The van der Waals surface area contributed by atoms with Crippen molar-refractivity contribution in [3.05, 3.63) is 23.3 Å². The van der Waals surface area contributed by atoms with E-state index in [1.165, 1.54) is 12.1 Å². The molecule has 16 heavy (non-hydrogen) atoms. The highest BCUT2D eigenvalue weighted by Crippen LogP contribution is 2.32. The third-order valence-corrected chi connectivity index (χ3v) is 2.95. The number of benzene rings is 1. The minimum Gasteiger partial charge on any atom is -0.504 e. The molecule has 0 bridgehead atoms. The second-order valence-electron chi connectivity index (χ2n) is 4.08. The molecule has 0 aromatic heterocycles. The van der Waals surface area contributed by atoms with Gasteiger partial charge in [-0.1, -0.05) is 0 Å². The van der Waals surface area contributed by atoms with Crippen LogP contribution in [0.15, 0.2) is 12.1 Å². The highest BCUT2D eigenvalue weighted by Gasteiger charge is 2.29. The standard InChI is InChI=1S/C11H13NO4/c1-12-5-7-4-10(14)9(13)3-6(7)2-8(12)11(15)16/h3-4,8,13-14H,2,5H2,1H3,(H,15,16)/t8-/m0/s1. The molecule has 0 saturated heterocycles. The molecular formula is C11H13NO4. The molecule has 0 unspecified atom stereocenters. The average molecular weight is 223 g/mol. The topological polar surface area (TPSA) is 81.0 Å². The predicted molar refractivity (Wildman–Crippen MR) is 56.4 cm³/mol. The molecule has 1 aromatic carbocycles. The van der Waals surface area contributed by atoms with Crippen LogP contribution in [-0.4, -0.2) is 39.3 Å². The summed E-state index contributed by atoms with van der Waals surface area (Å²) in [6.07, 6.45) is 0.342. The normalized spacial score (nSPS) is 20.4. The first-order valence-electron chi connectivity index (χ1n) is 4.96. The second-order valence-corrected chi connectivity index (χ2v) is 4.08. The van der Waals surface area contributed by atoms with E-state index >= 15 is 0 Å². The number of aromatic hydroxyl groups is 2. The molecule has 0 spiro atoms. The lowest BCUT2D eigenvalue weighted by molar-refractivity contribution is -0.143. The summed E-state index contributed by atoms with van der Waals surface area (Å²) >= 11 is 0. The number of carboxylic acids is 1. The minimum atomic E-state index is -0.874. The fourth-order valence-corrected chi connectivity index (χ4v) is 2.02. The molecule has 3 N–H and O–H groups in total. The minimum absolute atomic E-state index is 0.166. The van der Waals surface area contributed by atoms with Gasteiger partial charge in [0.2, 0.25) is 0 Å². The van der Waals surface area contributed by atoms with Gasteiger partial charge in [-0.25, -0.2) is 0 Å². The second kappa shape index (κ2) is 3.68. The van der Waals surface area contributed by atoms with Crippen LogP contribution in [0.2, 0.25) is 0 Å². The van der Waals surface area contributed by atoms with Gasteiger partial charge in [0.15, 0.2) is 11.5 Å². The largest absolute Gasteiger partial charge is 0.504 e. The lowest BCUT2D eigenvalue weighted by atomic mass is 9.94. The molecule has 1 aromatic rings. The molecule has 5 nitrogen and oxygen atoms in total. The number of aliphatic carboxylic acids is 1. The first-order chi connectivity index (χ1) is 7.49. The highest BCUT2D eigenvalue weighted by atomic mass is 16.4. The molecule has 1 aliphatic rings. The van der Waals surface area contributed by atoms with E-state index in [0.717, 1.165) is 11.1 Å². The van der Waals surface area contributed by atoms with Crippen molar-refractivity contribution in [2.45, 2.75) is 19.0 Å². The Morgan fingerprint density at radius 3 is 2.44 bits per heavy atom. The Balaban J connectivity index is 2.39. The average Bonchev–Trinajstić information content (AvgIpc) is 2.19. The zero-order valence-corrected chi connectivity index (χ0v) is 8.84. The fourth-order valence-electron chi connectivity index (χ4n) is 2.02. The maximum absolute atomic E-state index is 11.0. The Hall–Kier alpha value is -1.75. The maximum atomic E-state index is 11.0. The molecule has 0 amide bonds. The molecule has 0 aliphatic carbocycles. The van der Waals surface area contributed by atoms with Crippen LogP contribution in [0.5, 0.6) is 11.5 Å². The molecule has 0 radical (unpaired) electrons. The molecule has 1 heterocycles. The Bertz CT molecular complexity index is 444. The van der Waals surface area contributed by atoms with Crippen LogP contribution in [0, 0.1) is 0 Å². The lowest BCUT2D eigenvalue weighted by Gasteiger charge is -2.31. The van der Waals surface area contributed by atoms with Gasteiger partial charge in [0.25, 0.3) is 0 Å². The lowest BCUT2D eigenvalue weighted by Crippen LogP contribution is -2.42. The van der Waals surface area contributed by atoms with Gasteiger partial charge >= 0.3 is 5.97 Å². The summed E-state index contributed by atoms with van der Waals surface area (Å²) in [6, 6.07) is 2.35. The summed E-state index contributed by atoms with van der Waals surface area (Å²) in [4.78, 5) is 12.7. The number of fused-ring (bicyclic) bond motifs is 1. The van der Waals surface area contributed by atoms with Crippen molar-refractivity contribution in [1.29, 1.82) is 0 Å². The van der Waals surface area contributed by atoms with Crippen LogP contribution >= 0.6 is 0 Å². The van der Waals surface area contributed by atoms with Crippen molar-refractivity contribution >= 4 is 5.97 Å². The zero-order chi connectivity index (χ0) is 11.9. The molecule has 2 rings (SSSR count). The van der Waals surface area contributed by atoms with Crippen LogP contribution in [0.25, 0.3) is 0 Å². The molecule has 5 heteroatoms. The van der Waals surface area contributed by atoms with Crippen molar-refractivity contribution in [1.82, 2.24) is 4.90 Å². The van der Waals surface area contributed by atoms with E-state index in [-0.39, 0.29) is 11.5 Å². The van der Waals surface area contributed by atoms with Gasteiger partial charge in [0, 0.05) is 6.54 Å². The van der Waals surface area contributed by atoms with Gasteiger partial charge in [0.05, 0.1) is 0 Å². The summed E-state index contributed by atoms with van der Waals surface area (Å²) in [6.45, 7) is 0.458. The number of likely N-dealkylation sites (N-methyl/N-ethyl adjacent to an activating group) is 1. The summed E-state index contributed by atoms with van der Waals surface area (Å²) < 4.78 is 0. The maximum Gasteiger partial charge on any atom is 0.321 e. The number of phenols is 2. The third-order valence-electron chi connectivity index (χ3n) is 2.95. The first-order valence-corrected chi connectivity index (χ1v) is 4.96. The number of rotatable bonds is 1. The zero-order valence-electron chi connectivity index (χ0n) is 8.84. The van der Waals surface area contributed by atoms with E-state index in [2.05, 4.69) is 0 Å². The highest BCUT2D eigenvalue weighted by molar-refractivity contribution is 5.74. The first kappa shape index (κ1) is 10.8. The molecule has 0 fully saturated rings. The smallest absolute Gasteiger partial charge is 0.321 e. The van der Waals surface area contributed by atoms with E-state index in [9.17, 15) is 15.0 Å². The molecule has 86 valence electrons. The quantitative estimate of drug-likeness (QED) is 0.605. The van der Waals surface area contributed by atoms with Crippen molar-refractivity contribution in [2.24, 2.45) is 0 Å². The summed E-state index contributed by atoms with van der Waals surface area (Å²) in [7, 11) is 1.73. The van der Waals surface area contributed by atoms with Gasteiger partial charge in [-0.05, 0) is 36.7 Å². The summed E-state index contributed by atoms with van der Waals surface area (Å²) in [5.74, 6) is -1.24. The van der Waals surface area contributed by atoms with Gasteiger partial charge < -0.3 is 15.3 Å². The van der Waals surface area contributed by atoms with Crippen molar-refractivity contribution in [3.63, 3.8) is 0 Å². The molecular weight excluding hydrogens is 210 g/mol. The SMILES string of the molecule is CN1Cc2cc(O)c(O)cc2C[C@H]1C(=O)O. The summed E-state index contributed by atoms with van der Waals surface area (Å²) in [5.41, 5.74) is 1.64. The fraction of sp³-hybridized carbons (Fsp3) is 0.364. The monoisotopic (exact) mass is 223 g/mol. The Morgan fingerprint density at radius 1 is 1.31 bits per heavy atom. The van der Waals surface area contributed by atoms with Gasteiger partial charge in [0.1, 0.15) is 6.04 Å². The number of hydrogen-bond donors (Lipinski definition) is 3. The van der Waals surface area contributed by atoms with E-state index in [1.54, 1.807) is 11.9 Å².